The largest absolute Gasteiger partial charge is 0.508 e. The number of aryl methyl sites for hydroxylation is 1. The van der Waals surface area contributed by atoms with E-state index >= 15 is 0 Å². The fraction of sp³-hybridized carbons (Fsp3) is 0.720. The number of hydrogen-bond acceptors (Lipinski definition) is 3. The van der Waals surface area contributed by atoms with E-state index in [2.05, 4.69) is 19.9 Å². The Labute approximate surface area is 175 Å². The van der Waals surface area contributed by atoms with Gasteiger partial charge in [0, 0.05) is 6.42 Å². The fourth-order valence-corrected chi connectivity index (χ4v) is 6.24. The Kier molecular flexibility index (Phi) is 7.26. The highest BCUT2D eigenvalue weighted by atomic mass is 16.4. The molecule has 0 unspecified atom stereocenters. The van der Waals surface area contributed by atoms with Gasteiger partial charge in [0.15, 0.2) is 0 Å². The first kappa shape index (κ1) is 22.1. The second kappa shape index (κ2) is 9.51. The van der Waals surface area contributed by atoms with Gasteiger partial charge in [-0.15, -0.1) is 0 Å². The quantitative estimate of drug-likeness (QED) is 0.556. The zero-order valence-electron chi connectivity index (χ0n) is 18.1. The summed E-state index contributed by atoms with van der Waals surface area (Å²) in [6.07, 6.45) is 11.3. The lowest BCUT2D eigenvalue weighted by Crippen LogP contribution is -2.43. The van der Waals surface area contributed by atoms with Gasteiger partial charge in [-0.05, 0) is 91.4 Å². The van der Waals surface area contributed by atoms with E-state index in [0.29, 0.717) is 24.0 Å². The van der Waals surface area contributed by atoms with Crippen LogP contribution < -0.4 is 0 Å². The number of unbranched alkanes of at least 4 members (excludes halogenated alkanes) is 3. The van der Waals surface area contributed by atoms with E-state index in [-0.39, 0.29) is 11.5 Å². The number of aliphatic hydroxyl groups excluding tert-OH is 1. The molecule has 1 aromatic rings. The fourth-order valence-electron chi connectivity index (χ4n) is 6.24. The molecule has 3 aliphatic carbocycles. The number of aliphatic carboxylic acids is 1. The predicted octanol–water partition coefficient (Wildman–Crippen LogP) is 5.65. The van der Waals surface area contributed by atoms with Gasteiger partial charge < -0.3 is 15.3 Å². The van der Waals surface area contributed by atoms with Crippen molar-refractivity contribution in [3.63, 3.8) is 0 Å². The highest BCUT2D eigenvalue weighted by Crippen LogP contribution is 2.60. The molecule has 3 aliphatic rings. The molecule has 0 heterocycles. The van der Waals surface area contributed by atoms with Crippen LogP contribution in [0.15, 0.2) is 18.2 Å². The minimum Gasteiger partial charge on any atom is -0.508 e. The number of hydrogen-bond donors (Lipinski definition) is 3. The molecule has 5 atom stereocenters. The Hall–Kier alpha value is -1.55. The molecule has 0 radical (unpaired) electrons. The molecule has 1 aromatic carbocycles. The van der Waals surface area contributed by atoms with Gasteiger partial charge in [0.25, 0.3) is 0 Å². The topological polar surface area (TPSA) is 77.8 Å². The summed E-state index contributed by atoms with van der Waals surface area (Å²) < 4.78 is 0. The average molecular weight is 403 g/mol. The third kappa shape index (κ3) is 4.79. The van der Waals surface area contributed by atoms with Crippen molar-refractivity contribution in [3.05, 3.63) is 29.3 Å². The van der Waals surface area contributed by atoms with Crippen molar-refractivity contribution >= 4 is 5.97 Å². The van der Waals surface area contributed by atoms with E-state index in [1.54, 1.807) is 0 Å². The van der Waals surface area contributed by atoms with Crippen molar-refractivity contribution in [2.24, 2.45) is 17.3 Å². The number of phenols is 1. The van der Waals surface area contributed by atoms with Gasteiger partial charge in [-0.1, -0.05) is 39.2 Å². The first-order valence-corrected chi connectivity index (χ1v) is 11.6. The standard InChI is InChI=1S/C18H24O2.C7H14O2/c1-18-9-8-14-13-5-3-12(19)10-11(13)2-4-15(14)16(18)6-7-17(18)20;1-2-3-4-5-6-7(8)9/h3,5,10,14-17,19-20H,2,4,6-9H2,1H3;2-6H2,1H3,(H,8,9)/t14-,15-,16+,17+,18+;/m1./s1. The van der Waals surface area contributed by atoms with Crippen molar-refractivity contribution in [2.75, 3.05) is 0 Å². The number of carbonyl (C=O) groups is 1. The summed E-state index contributed by atoms with van der Waals surface area (Å²) in [5.41, 5.74) is 2.99. The lowest BCUT2D eigenvalue weighted by Gasteiger charge is -2.50. The highest BCUT2D eigenvalue weighted by Gasteiger charge is 2.54. The number of phenolic OH excluding ortho intramolecular Hbond substituents is 1. The van der Waals surface area contributed by atoms with E-state index in [1.807, 2.05) is 12.1 Å². The molecule has 0 aliphatic heterocycles. The monoisotopic (exact) mass is 402 g/mol. The molecule has 0 spiro atoms. The Morgan fingerprint density at radius 2 is 1.93 bits per heavy atom. The molecule has 0 saturated heterocycles. The molecule has 3 N–H and O–H groups in total. The van der Waals surface area contributed by atoms with Crippen LogP contribution in [0.3, 0.4) is 0 Å². The van der Waals surface area contributed by atoms with E-state index in [9.17, 15) is 15.0 Å². The third-order valence-electron chi connectivity index (χ3n) is 7.90. The van der Waals surface area contributed by atoms with Gasteiger partial charge in [0.1, 0.15) is 5.75 Å². The normalized spacial score (nSPS) is 32.4. The number of benzene rings is 1. The summed E-state index contributed by atoms with van der Waals surface area (Å²) in [7, 11) is 0. The molecular weight excluding hydrogens is 364 g/mol. The number of rotatable bonds is 5. The lowest BCUT2D eigenvalue weighted by atomic mass is 9.55. The highest BCUT2D eigenvalue weighted by molar-refractivity contribution is 5.66. The van der Waals surface area contributed by atoms with Crippen molar-refractivity contribution < 1.29 is 20.1 Å². The van der Waals surface area contributed by atoms with Gasteiger partial charge in [-0.2, -0.15) is 0 Å². The van der Waals surface area contributed by atoms with Crippen LogP contribution in [-0.2, 0) is 11.2 Å². The Morgan fingerprint density at radius 3 is 2.66 bits per heavy atom. The van der Waals surface area contributed by atoms with Crippen LogP contribution in [0, 0.1) is 17.3 Å². The smallest absolute Gasteiger partial charge is 0.303 e. The van der Waals surface area contributed by atoms with Crippen LogP contribution in [0.5, 0.6) is 5.75 Å². The summed E-state index contributed by atoms with van der Waals surface area (Å²) in [5, 5.41) is 28.3. The number of carboxylic acid groups (broad SMARTS) is 1. The molecule has 2 saturated carbocycles. The van der Waals surface area contributed by atoms with Crippen molar-refractivity contribution in [1.29, 1.82) is 0 Å². The van der Waals surface area contributed by atoms with Crippen LogP contribution in [-0.4, -0.2) is 27.4 Å². The average Bonchev–Trinajstić information content (AvgIpc) is 3.00. The molecule has 0 amide bonds. The molecule has 0 bridgehead atoms. The predicted molar refractivity (Wildman–Crippen MR) is 115 cm³/mol. The van der Waals surface area contributed by atoms with Crippen LogP contribution in [0.25, 0.3) is 0 Å². The van der Waals surface area contributed by atoms with Crippen LogP contribution >= 0.6 is 0 Å². The minimum atomic E-state index is -0.675. The molecular formula is C25H38O4. The van der Waals surface area contributed by atoms with Gasteiger partial charge in [0.05, 0.1) is 6.10 Å². The minimum absolute atomic E-state index is 0.0883. The first-order valence-electron chi connectivity index (χ1n) is 11.6. The van der Waals surface area contributed by atoms with Gasteiger partial charge >= 0.3 is 5.97 Å². The lowest BCUT2D eigenvalue weighted by molar-refractivity contribution is -0.137. The Balaban J connectivity index is 0.000000229. The number of carboxylic acids is 1. The molecule has 162 valence electrons. The van der Waals surface area contributed by atoms with Gasteiger partial charge in [-0.3, -0.25) is 4.79 Å². The maximum absolute atomic E-state index is 10.4. The summed E-state index contributed by atoms with van der Waals surface area (Å²) in [6, 6.07) is 5.96. The maximum atomic E-state index is 10.4. The number of aromatic hydroxyl groups is 1. The van der Waals surface area contributed by atoms with E-state index in [1.165, 1.54) is 36.8 Å². The second-order valence-corrected chi connectivity index (χ2v) is 9.64. The summed E-state index contributed by atoms with van der Waals surface area (Å²) in [6.45, 7) is 4.43. The van der Waals surface area contributed by atoms with Crippen LogP contribution in [0.1, 0.15) is 95.1 Å². The van der Waals surface area contributed by atoms with Gasteiger partial charge in [-0.25, -0.2) is 0 Å². The summed E-state index contributed by atoms with van der Waals surface area (Å²) >= 11 is 0. The van der Waals surface area contributed by atoms with Crippen LogP contribution in [0.2, 0.25) is 0 Å². The molecule has 29 heavy (non-hydrogen) atoms. The number of aliphatic hydroxyl groups is 1. The third-order valence-corrected chi connectivity index (χ3v) is 7.90. The maximum Gasteiger partial charge on any atom is 0.303 e. The zero-order chi connectivity index (χ0) is 21.0. The SMILES string of the molecule is CCCCCCC(=O)O.C[C@]12CC[C@@H]3c4ccc(O)cc4CC[C@H]3[C@@H]1CC[C@@H]2O. The Bertz CT molecular complexity index is 700. The summed E-state index contributed by atoms with van der Waals surface area (Å²) in [5.74, 6) is 1.81. The molecule has 0 aromatic heterocycles. The summed E-state index contributed by atoms with van der Waals surface area (Å²) in [4.78, 5) is 9.96. The molecule has 4 rings (SSSR count). The van der Waals surface area contributed by atoms with Crippen molar-refractivity contribution in [2.45, 2.75) is 96.5 Å². The van der Waals surface area contributed by atoms with E-state index < -0.39 is 5.97 Å². The van der Waals surface area contributed by atoms with Crippen molar-refractivity contribution in [3.8, 4) is 5.75 Å². The van der Waals surface area contributed by atoms with Gasteiger partial charge in [0.2, 0.25) is 0 Å². The van der Waals surface area contributed by atoms with E-state index in [4.69, 9.17) is 5.11 Å². The molecule has 4 heteroatoms. The first-order chi connectivity index (χ1) is 13.9. The molecule has 4 nitrogen and oxygen atoms in total. The van der Waals surface area contributed by atoms with Crippen molar-refractivity contribution in [1.82, 2.24) is 0 Å². The van der Waals surface area contributed by atoms with E-state index in [0.717, 1.165) is 44.4 Å². The number of fused-ring (bicyclic) bond motifs is 5. The molecule has 2 fully saturated rings. The van der Waals surface area contributed by atoms with Crippen LogP contribution in [0.4, 0.5) is 0 Å². The second-order valence-electron chi connectivity index (χ2n) is 9.64. The Morgan fingerprint density at radius 1 is 1.14 bits per heavy atom. The zero-order valence-corrected chi connectivity index (χ0v) is 18.1.